The van der Waals surface area contributed by atoms with Gasteiger partial charge < -0.3 is 0 Å². The molecule has 3 fully saturated rings. The first-order valence-electron chi connectivity index (χ1n) is 9.22. The molecule has 0 aromatic heterocycles. The maximum absolute atomic E-state index is 12.2. The predicted octanol–water partition coefficient (Wildman–Crippen LogP) is 4.76. The van der Waals surface area contributed by atoms with Crippen LogP contribution in [-0.4, -0.2) is 16.8 Å². The van der Waals surface area contributed by atoms with Gasteiger partial charge in [0, 0.05) is 11.1 Å². The summed E-state index contributed by atoms with van der Waals surface area (Å²) < 4.78 is 0. The second kappa shape index (κ2) is 6.08. The molecule has 26 heavy (non-hydrogen) atoms. The lowest BCUT2D eigenvalue weighted by Crippen LogP contribution is -2.32. The number of rotatable bonds is 2. The normalized spacial score (nSPS) is 34.2. The summed E-state index contributed by atoms with van der Waals surface area (Å²) in [6, 6.07) is 8.11. The monoisotopic (exact) mass is 367 g/mol. The summed E-state index contributed by atoms with van der Waals surface area (Å²) in [6.45, 7) is 9.08. The number of hydrogen-bond acceptors (Lipinski definition) is 4. The van der Waals surface area contributed by atoms with Crippen molar-refractivity contribution in [2.75, 3.05) is 0 Å². The summed E-state index contributed by atoms with van der Waals surface area (Å²) in [5.74, 6) is 0.601. The highest BCUT2D eigenvalue weighted by atomic mass is 32.2. The van der Waals surface area contributed by atoms with Crippen molar-refractivity contribution < 1.29 is 4.79 Å². The molecule has 1 aliphatic heterocycles. The fourth-order valence-electron chi connectivity index (χ4n) is 4.57. The Kier molecular flexibility index (Phi) is 4.10. The molecular weight excluding hydrogens is 342 g/mol. The third kappa shape index (κ3) is 2.73. The second-order valence-electron chi connectivity index (χ2n) is 8.42. The van der Waals surface area contributed by atoms with Gasteiger partial charge in [-0.05, 0) is 60.9 Å². The number of aryl methyl sites for hydroxylation is 1. The molecule has 3 aliphatic rings. The van der Waals surface area contributed by atoms with Crippen LogP contribution in [0.3, 0.4) is 0 Å². The van der Waals surface area contributed by atoms with E-state index in [-0.39, 0.29) is 16.7 Å². The van der Waals surface area contributed by atoms with E-state index in [1.54, 1.807) is 0 Å². The van der Waals surface area contributed by atoms with E-state index in [2.05, 4.69) is 42.4 Å². The Labute approximate surface area is 159 Å². The van der Waals surface area contributed by atoms with Gasteiger partial charge in [0.25, 0.3) is 5.91 Å². The van der Waals surface area contributed by atoms with Gasteiger partial charge in [-0.2, -0.15) is 5.10 Å². The zero-order chi connectivity index (χ0) is 18.5. The molecule has 0 spiro atoms. The van der Waals surface area contributed by atoms with E-state index in [0.29, 0.717) is 16.0 Å². The van der Waals surface area contributed by atoms with Crippen LogP contribution in [0.2, 0.25) is 0 Å². The molecule has 1 amide bonds. The third-order valence-electron chi connectivity index (χ3n) is 6.76. The molecule has 4 rings (SSSR count). The standard InChI is InChI=1S/C21H25N3OS/c1-13-6-5-7-14(10-13)11-16-18(25)22-19(26-16)24-23-17-12-15-8-9-21(17,4)20(15,2)3/h5-7,10-11,15H,8-9,12H2,1-4H3,(H,22,24,25)/b16-11-,23-17?/t15-,21-/m1/s1. The van der Waals surface area contributed by atoms with Crippen molar-refractivity contribution in [2.24, 2.45) is 27.0 Å². The Morgan fingerprint density at radius 3 is 2.73 bits per heavy atom. The molecule has 2 aliphatic carbocycles. The largest absolute Gasteiger partial charge is 0.299 e. The van der Waals surface area contributed by atoms with Gasteiger partial charge in [-0.1, -0.05) is 50.6 Å². The van der Waals surface area contributed by atoms with Crippen molar-refractivity contribution in [3.05, 3.63) is 40.3 Å². The predicted molar refractivity (Wildman–Crippen MR) is 109 cm³/mol. The van der Waals surface area contributed by atoms with E-state index < -0.39 is 0 Å². The van der Waals surface area contributed by atoms with Gasteiger partial charge in [0.2, 0.25) is 0 Å². The van der Waals surface area contributed by atoms with E-state index in [0.717, 1.165) is 12.0 Å². The molecule has 4 nitrogen and oxygen atoms in total. The molecule has 136 valence electrons. The maximum Gasteiger partial charge on any atom is 0.264 e. The number of amides is 1. The van der Waals surface area contributed by atoms with Crippen molar-refractivity contribution in [1.29, 1.82) is 0 Å². The summed E-state index contributed by atoms with van der Waals surface area (Å²) in [6.07, 6.45) is 5.41. The van der Waals surface area contributed by atoms with Crippen LogP contribution < -0.4 is 5.32 Å². The SMILES string of the molecule is Cc1cccc(/C=C2\SC(=NN=C3C[C@H]4CC[C@@]3(C)C4(C)C)NC2=O)c1. The Bertz CT molecular complexity index is 868. The number of carbonyl (C=O) groups excluding carboxylic acids is 1. The molecular formula is C21H25N3OS. The van der Waals surface area contributed by atoms with Crippen LogP contribution in [0.25, 0.3) is 6.08 Å². The maximum atomic E-state index is 12.2. The van der Waals surface area contributed by atoms with E-state index in [1.165, 1.54) is 35.9 Å². The Balaban J connectivity index is 1.55. The molecule has 2 atom stereocenters. The average molecular weight is 368 g/mol. The van der Waals surface area contributed by atoms with Gasteiger partial charge in [-0.15, -0.1) is 5.10 Å². The van der Waals surface area contributed by atoms with Crippen molar-refractivity contribution in [3.8, 4) is 0 Å². The molecule has 1 saturated heterocycles. The van der Waals surface area contributed by atoms with E-state index in [9.17, 15) is 4.79 Å². The number of thioether (sulfide) groups is 1. The second-order valence-corrected chi connectivity index (χ2v) is 9.45. The highest BCUT2D eigenvalue weighted by Gasteiger charge is 2.60. The van der Waals surface area contributed by atoms with Crippen LogP contribution in [0, 0.1) is 23.7 Å². The van der Waals surface area contributed by atoms with Crippen LogP contribution in [0.1, 0.15) is 51.2 Å². The summed E-state index contributed by atoms with van der Waals surface area (Å²) in [5.41, 5.74) is 3.81. The van der Waals surface area contributed by atoms with Gasteiger partial charge in [0.05, 0.1) is 4.91 Å². The molecule has 0 unspecified atom stereocenters. The fourth-order valence-corrected chi connectivity index (χ4v) is 5.34. The minimum Gasteiger partial charge on any atom is -0.299 e. The molecule has 1 aromatic rings. The number of fused-ring (bicyclic) bond motifs is 2. The lowest BCUT2D eigenvalue weighted by Gasteiger charge is -2.34. The first-order valence-corrected chi connectivity index (χ1v) is 10.0. The molecule has 1 aromatic carbocycles. The number of amidine groups is 1. The van der Waals surface area contributed by atoms with E-state index >= 15 is 0 Å². The summed E-state index contributed by atoms with van der Waals surface area (Å²) in [7, 11) is 0. The lowest BCUT2D eigenvalue weighted by atomic mass is 9.70. The minimum absolute atomic E-state index is 0.102. The zero-order valence-corrected chi connectivity index (χ0v) is 16.6. The lowest BCUT2D eigenvalue weighted by molar-refractivity contribution is -0.115. The van der Waals surface area contributed by atoms with Gasteiger partial charge >= 0.3 is 0 Å². The number of carbonyl (C=O) groups is 1. The minimum atomic E-state index is -0.102. The van der Waals surface area contributed by atoms with Crippen molar-refractivity contribution in [1.82, 2.24) is 5.32 Å². The number of benzene rings is 1. The Hall–Kier alpha value is -1.88. The average Bonchev–Trinajstić information content (AvgIpc) is 3.10. The molecule has 2 bridgehead atoms. The van der Waals surface area contributed by atoms with Crippen molar-refractivity contribution >= 4 is 34.6 Å². The fraction of sp³-hybridized carbons (Fsp3) is 0.476. The van der Waals surface area contributed by atoms with Crippen LogP contribution >= 0.6 is 11.8 Å². The van der Waals surface area contributed by atoms with E-state index in [1.807, 2.05) is 31.2 Å². The summed E-state index contributed by atoms with van der Waals surface area (Å²) >= 11 is 1.37. The Morgan fingerprint density at radius 2 is 2.08 bits per heavy atom. The van der Waals surface area contributed by atoms with Gasteiger partial charge in [-0.25, -0.2) is 0 Å². The molecule has 0 radical (unpaired) electrons. The molecule has 2 saturated carbocycles. The number of hydrogen-bond donors (Lipinski definition) is 1. The van der Waals surface area contributed by atoms with Crippen LogP contribution in [0.4, 0.5) is 0 Å². The Morgan fingerprint density at radius 1 is 1.27 bits per heavy atom. The number of nitrogens with zero attached hydrogens (tertiary/aromatic N) is 2. The number of nitrogens with one attached hydrogen (secondary N) is 1. The van der Waals surface area contributed by atoms with Crippen molar-refractivity contribution in [2.45, 2.75) is 47.0 Å². The van der Waals surface area contributed by atoms with Gasteiger partial charge in [0.15, 0.2) is 5.17 Å². The topological polar surface area (TPSA) is 53.8 Å². The first-order chi connectivity index (χ1) is 12.3. The highest BCUT2D eigenvalue weighted by molar-refractivity contribution is 8.18. The quantitative estimate of drug-likeness (QED) is 0.605. The summed E-state index contributed by atoms with van der Waals surface area (Å²) in [5, 5.41) is 12.4. The van der Waals surface area contributed by atoms with Crippen LogP contribution in [0.5, 0.6) is 0 Å². The molecule has 1 N–H and O–H groups in total. The third-order valence-corrected chi connectivity index (χ3v) is 7.66. The highest BCUT2D eigenvalue weighted by Crippen LogP contribution is 2.64. The van der Waals surface area contributed by atoms with E-state index in [4.69, 9.17) is 0 Å². The first kappa shape index (κ1) is 17.5. The van der Waals surface area contributed by atoms with Crippen LogP contribution in [0.15, 0.2) is 39.4 Å². The van der Waals surface area contributed by atoms with Gasteiger partial charge in [-0.3, -0.25) is 10.1 Å². The smallest absolute Gasteiger partial charge is 0.264 e. The van der Waals surface area contributed by atoms with Crippen molar-refractivity contribution in [3.63, 3.8) is 0 Å². The summed E-state index contributed by atoms with van der Waals surface area (Å²) in [4.78, 5) is 12.9. The molecule has 5 heteroatoms. The molecule has 1 heterocycles. The van der Waals surface area contributed by atoms with Crippen LogP contribution in [-0.2, 0) is 4.79 Å². The zero-order valence-electron chi connectivity index (χ0n) is 15.8. The van der Waals surface area contributed by atoms with Gasteiger partial charge in [0.1, 0.15) is 0 Å².